The zero-order valence-electron chi connectivity index (χ0n) is 14.4. The fourth-order valence-corrected chi connectivity index (χ4v) is 3.47. The molecular formula is C19H25N3O3. The SMILES string of the molecule is O=C(NCC(=O)N1CCCCC1)[C@H]1CC(=O)N(Cc2ccccc2)C1. The van der Waals surface area contributed by atoms with Crippen LogP contribution in [0.25, 0.3) is 0 Å². The van der Waals surface area contributed by atoms with Crippen molar-refractivity contribution in [1.82, 2.24) is 15.1 Å². The molecule has 2 aliphatic heterocycles. The van der Waals surface area contributed by atoms with Gasteiger partial charge >= 0.3 is 0 Å². The summed E-state index contributed by atoms with van der Waals surface area (Å²) in [6.07, 6.45) is 3.45. The molecule has 3 amide bonds. The Bertz CT molecular complexity index is 626. The zero-order chi connectivity index (χ0) is 17.6. The molecule has 2 heterocycles. The summed E-state index contributed by atoms with van der Waals surface area (Å²) >= 11 is 0. The Labute approximate surface area is 148 Å². The highest BCUT2D eigenvalue weighted by atomic mass is 16.2. The van der Waals surface area contributed by atoms with Crippen LogP contribution in [0, 0.1) is 5.92 Å². The normalized spacial score (nSPS) is 20.6. The second-order valence-electron chi connectivity index (χ2n) is 6.82. The number of hydrogen-bond donors (Lipinski definition) is 1. The molecule has 2 aliphatic rings. The van der Waals surface area contributed by atoms with Crippen molar-refractivity contribution in [2.75, 3.05) is 26.2 Å². The van der Waals surface area contributed by atoms with Crippen LogP contribution in [0.3, 0.4) is 0 Å². The standard InChI is InChI=1S/C19H25N3O3/c23-17-11-16(14-22(17)13-15-7-3-1-4-8-15)19(25)20-12-18(24)21-9-5-2-6-10-21/h1,3-4,7-8,16H,2,5-6,9-14H2,(H,20,25)/t16-/m0/s1. The Hall–Kier alpha value is -2.37. The molecule has 1 aromatic rings. The van der Waals surface area contributed by atoms with Crippen LogP contribution in [0.5, 0.6) is 0 Å². The summed E-state index contributed by atoms with van der Waals surface area (Å²) in [6, 6.07) is 9.75. The lowest BCUT2D eigenvalue weighted by molar-refractivity contribution is -0.134. The van der Waals surface area contributed by atoms with Crippen LogP contribution in [-0.2, 0) is 20.9 Å². The molecule has 6 heteroatoms. The average molecular weight is 343 g/mol. The lowest BCUT2D eigenvalue weighted by Crippen LogP contribution is -2.44. The predicted octanol–water partition coefficient (Wildman–Crippen LogP) is 1.16. The highest BCUT2D eigenvalue weighted by Crippen LogP contribution is 2.20. The van der Waals surface area contributed by atoms with E-state index in [1.54, 1.807) is 4.90 Å². The number of nitrogens with one attached hydrogen (secondary N) is 1. The second-order valence-corrected chi connectivity index (χ2v) is 6.82. The van der Waals surface area contributed by atoms with E-state index in [1.165, 1.54) is 0 Å². The molecule has 0 unspecified atom stereocenters. The molecule has 2 fully saturated rings. The summed E-state index contributed by atoms with van der Waals surface area (Å²) in [4.78, 5) is 40.1. The second kappa shape index (κ2) is 8.14. The van der Waals surface area contributed by atoms with Crippen LogP contribution in [0.1, 0.15) is 31.2 Å². The molecule has 0 aromatic heterocycles. The van der Waals surface area contributed by atoms with Gasteiger partial charge in [-0.15, -0.1) is 0 Å². The molecule has 2 saturated heterocycles. The van der Waals surface area contributed by atoms with E-state index in [0.717, 1.165) is 37.9 Å². The summed E-state index contributed by atoms with van der Waals surface area (Å²) in [5.41, 5.74) is 1.05. The minimum Gasteiger partial charge on any atom is -0.347 e. The first kappa shape index (κ1) is 17.5. The number of amides is 3. The Balaban J connectivity index is 1.46. The minimum atomic E-state index is -0.370. The number of carbonyl (C=O) groups is 3. The number of piperidine rings is 1. The van der Waals surface area contributed by atoms with Crippen molar-refractivity contribution in [3.63, 3.8) is 0 Å². The molecule has 0 spiro atoms. The Morgan fingerprint density at radius 2 is 1.80 bits per heavy atom. The fraction of sp³-hybridized carbons (Fsp3) is 0.526. The predicted molar refractivity (Wildman–Crippen MR) is 93.4 cm³/mol. The molecular weight excluding hydrogens is 318 g/mol. The fourth-order valence-electron chi connectivity index (χ4n) is 3.47. The third-order valence-electron chi connectivity index (χ3n) is 4.92. The quantitative estimate of drug-likeness (QED) is 0.872. The van der Waals surface area contributed by atoms with Crippen LogP contribution in [0.15, 0.2) is 30.3 Å². The summed E-state index contributed by atoms with van der Waals surface area (Å²) in [6.45, 7) is 2.53. The summed E-state index contributed by atoms with van der Waals surface area (Å²) < 4.78 is 0. The van der Waals surface area contributed by atoms with E-state index in [1.807, 2.05) is 35.2 Å². The van der Waals surface area contributed by atoms with E-state index in [4.69, 9.17) is 0 Å². The molecule has 0 radical (unpaired) electrons. The Kier molecular flexibility index (Phi) is 5.68. The van der Waals surface area contributed by atoms with Gasteiger partial charge in [0.2, 0.25) is 17.7 Å². The molecule has 1 N–H and O–H groups in total. The Morgan fingerprint density at radius 3 is 2.52 bits per heavy atom. The van der Waals surface area contributed by atoms with Crippen molar-refractivity contribution in [1.29, 1.82) is 0 Å². The average Bonchev–Trinajstić information content (AvgIpc) is 3.01. The van der Waals surface area contributed by atoms with Crippen LogP contribution in [0.4, 0.5) is 0 Å². The van der Waals surface area contributed by atoms with Crippen LogP contribution in [0.2, 0.25) is 0 Å². The van der Waals surface area contributed by atoms with Crippen molar-refractivity contribution in [2.45, 2.75) is 32.2 Å². The van der Waals surface area contributed by atoms with Gasteiger partial charge in [-0.2, -0.15) is 0 Å². The third-order valence-corrected chi connectivity index (χ3v) is 4.92. The molecule has 0 saturated carbocycles. The molecule has 6 nitrogen and oxygen atoms in total. The van der Waals surface area contributed by atoms with Gasteiger partial charge in [0, 0.05) is 32.6 Å². The van der Waals surface area contributed by atoms with Gasteiger partial charge in [0.15, 0.2) is 0 Å². The first-order valence-corrected chi connectivity index (χ1v) is 9.00. The van der Waals surface area contributed by atoms with Crippen molar-refractivity contribution in [3.05, 3.63) is 35.9 Å². The van der Waals surface area contributed by atoms with Gasteiger partial charge in [0.25, 0.3) is 0 Å². The van der Waals surface area contributed by atoms with E-state index in [9.17, 15) is 14.4 Å². The van der Waals surface area contributed by atoms with Gasteiger partial charge in [-0.3, -0.25) is 14.4 Å². The molecule has 1 aromatic carbocycles. The number of nitrogens with zero attached hydrogens (tertiary/aromatic N) is 2. The summed E-state index contributed by atoms with van der Waals surface area (Å²) in [7, 11) is 0. The molecule has 25 heavy (non-hydrogen) atoms. The number of rotatable bonds is 5. The van der Waals surface area contributed by atoms with Crippen molar-refractivity contribution in [2.24, 2.45) is 5.92 Å². The van der Waals surface area contributed by atoms with E-state index >= 15 is 0 Å². The molecule has 134 valence electrons. The topological polar surface area (TPSA) is 69.7 Å². The molecule has 0 aliphatic carbocycles. The van der Waals surface area contributed by atoms with Crippen LogP contribution in [-0.4, -0.2) is 53.7 Å². The van der Waals surface area contributed by atoms with Gasteiger partial charge in [-0.25, -0.2) is 0 Å². The lowest BCUT2D eigenvalue weighted by Gasteiger charge is -2.26. The third kappa shape index (κ3) is 4.59. The lowest BCUT2D eigenvalue weighted by atomic mass is 10.1. The van der Waals surface area contributed by atoms with Crippen LogP contribution < -0.4 is 5.32 Å². The van der Waals surface area contributed by atoms with E-state index in [0.29, 0.717) is 13.1 Å². The maximum atomic E-state index is 12.3. The number of benzene rings is 1. The number of hydrogen-bond acceptors (Lipinski definition) is 3. The maximum absolute atomic E-state index is 12.3. The van der Waals surface area contributed by atoms with E-state index < -0.39 is 0 Å². The molecule has 0 bridgehead atoms. The van der Waals surface area contributed by atoms with Gasteiger partial charge < -0.3 is 15.1 Å². The van der Waals surface area contributed by atoms with Crippen molar-refractivity contribution < 1.29 is 14.4 Å². The monoisotopic (exact) mass is 343 g/mol. The maximum Gasteiger partial charge on any atom is 0.241 e. The van der Waals surface area contributed by atoms with Gasteiger partial charge in [0.1, 0.15) is 0 Å². The highest BCUT2D eigenvalue weighted by molar-refractivity contribution is 5.91. The van der Waals surface area contributed by atoms with Gasteiger partial charge in [0.05, 0.1) is 12.5 Å². The van der Waals surface area contributed by atoms with Gasteiger partial charge in [-0.1, -0.05) is 30.3 Å². The largest absolute Gasteiger partial charge is 0.347 e. The number of likely N-dealkylation sites (tertiary alicyclic amines) is 2. The first-order valence-electron chi connectivity index (χ1n) is 9.00. The van der Waals surface area contributed by atoms with E-state index in [-0.39, 0.29) is 36.6 Å². The first-order chi connectivity index (χ1) is 12.1. The van der Waals surface area contributed by atoms with Crippen molar-refractivity contribution in [3.8, 4) is 0 Å². The summed E-state index contributed by atoms with van der Waals surface area (Å²) in [5.74, 6) is -0.607. The smallest absolute Gasteiger partial charge is 0.241 e. The summed E-state index contributed by atoms with van der Waals surface area (Å²) in [5, 5.41) is 2.72. The molecule has 3 rings (SSSR count). The highest BCUT2D eigenvalue weighted by Gasteiger charge is 2.34. The van der Waals surface area contributed by atoms with Crippen molar-refractivity contribution >= 4 is 17.7 Å². The van der Waals surface area contributed by atoms with Gasteiger partial charge in [-0.05, 0) is 24.8 Å². The Morgan fingerprint density at radius 1 is 1.08 bits per heavy atom. The zero-order valence-corrected chi connectivity index (χ0v) is 14.4. The molecule has 1 atom stereocenters. The van der Waals surface area contributed by atoms with E-state index in [2.05, 4.69) is 5.32 Å². The number of carbonyl (C=O) groups excluding carboxylic acids is 3. The van der Waals surface area contributed by atoms with Crippen LogP contribution >= 0.6 is 0 Å². The minimum absolute atomic E-state index is 0.00800.